The van der Waals surface area contributed by atoms with Gasteiger partial charge in [-0.2, -0.15) is 0 Å². The summed E-state index contributed by atoms with van der Waals surface area (Å²) in [5, 5.41) is 12.3. The molecule has 3 atom stereocenters. The van der Waals surface area contributed by atoms with E-state index in [2.05, 4.69) is 5.32 Å². The first-order chi connectivity index (χ1) is 8.93. The van der Waals surface area contributed by atoms with Gasteiger partial charge in [0.15, 0.2) is 0 Å². The molecule has 0 spiro atoms. The fourth-order valence-electron chi connectivity index (χ4n) is 2.13. The maximum absolute atomic E-state index is 11.7. The van der Waals surface area contributed by atoms with Crippen molar-refractivity contribution in [1.29, 1.82) is 0 Å². The largest absolute Gasteiger partial charge is 0.394 e. The predicted octanol–water partition coefficient (Wildman–Crippen LogP) is 1.09. The van der Waals surface area contributed by atoms with Crippen molar-refractivity contribution in [2.75, 3.05) is 13.2 Å². The van der Waals surface area contributed by atoms with Gasteiger partial charge in [-0.1, -0.05) is 13.8 Å². The van der Waals surface area contributed by atoms with E-state index in [1.807, 2.05) is 27.7 Å². The molecule has 5 heteroatoms. The maximum atomic E-state index is 11.7. The van der Waals surface area contributed by atoms with E-state index in [0.29, 0.717) is 6.61 Å². The van der Waals surface area contributed by atoms with Gasteiger partial charge in [0, 0.05) is 12.5 Å². The highest BCUT2D eigenvalue weighted by Crippen LogP contribution is 2.23. The molecule has 0 saturated carbocycles. The molecule has 5 nitrogen and oxygen atoms in total. The third-order valence-corrected chi connectivity index (χ3v) is 3.26. The van der Waals surface area contributed by atoms with Crippen LogP contribution in [0.4, 0.5) is 0 Å². The van der Waals surface area contributed by atoms with Crippen molar-refractivity contribution in [2.24, 2.45) is 5.92 Å². The Morgan fingerprint density at radius 3 is 2.63 bits per heavy atom. The quantitative estimate of drug-likeness (QED) is 0.728. The Hall–Kier alpha value is -0.650. The first kappa shape index (κ1) is 16.4. The Morgan fingerprint density at radius 2 is 2.11 bits per heavy atom. The molecule has 0 aromatic heterocycles. The summed E-state index contributed by atoms with van der Waals surface area (Å²) in [5.41, 5.74) is 0. The zero-order valence-corrected chi connectivity index (χ0v) is 12.4. The molecule has 1 rings (SSSR count). The lowest BCUT2D eigenvalue weighted by Gasteiger charge is -2.18. The van der Waals surface area contributed by atoms with Crippen molar-refractivity contribution in [3.8, 4) is 0 Å². The van der Waals surface area contributed by atoms with Crippen LogP contribution in [0.15, 0.2) is 0 Å². The third-order valence-electron chi connectivity index (χ3n) is 3.26. The number of ether oxygens (including phenoxy) is 2. The molecule has 1 fully saturated rings. The van der Waals surface area contributed by atoms with Gasteiger partial charge in [0.25, 0.3) is 0 Å². The van der Waals surface area contributed by atoms with Gasteiger partial charge in [-0.05, 0) is 26.7 Å². The molecular formula is C14H27NO4. The van der Waals surface area contributed by atoms with E-state index in [1.165, 1.54) is 0 Å². The van der Waals surface area contributed by atoms with E-state index in [-0.39, 0.29) is 42.8 Å². The molecule has 0 radical (unpaired) electrons. The number of hydrogen-bond donors (Lipinski definition) is 2. The number of amides is 1. The smallest absolute Gasteiger partial charge is 0.222 e. The number of carbonyl (C=O) groups is 1. The molecule has 112 valence electrons. The highest BCUT2D eigenvalue weighted by Gasteiger charge is 2.35. The summed E-state index contributed by atoms with van der Waals surface area (Å²) < 4.78 is 11.2. The summed E-state index contributed by atoms with van der Waals surface area (Å²) in [6, 6.07) is -0.0936. The standard InChI is InChI=1S/C14H27NO4/c1-9(2)14(17)15-12-7-11(19-13(12)8-16)5-6-18-10(3)4/h9-13,16H,5-8H2,1-4H3,(H,15,17). The monoisotopic (exact) mass is 273 g/mol. The third kappa shape index (κ3) is 5.47. The minimum Gasteiger partial charge on any atom is -0.394 e. The van der Waals surface area contributed by atoms with Crippen LogP contribution in [0.1, 0.15) is 40.5 Å². The van der Waals surface area contributed by atoms with Crippen LogP contribution in [0, 0.1) is 5.92 Å². The molecule has 2 N–H and O–H groups in total. The number of carbonyl (C=O) groups excluding carboxylic acids is 1. The summed E-state index contributed by atoms with van der Waals surface area (Å²) in [6.07, 6.45) is 1.50. The molecule has 1 saturated heterocycles. The van der Waals surface area contributed by atoms with Gasteiger partial charge in [0.1, 0.15) is 6.10 Å². The van der Waals surface area contributed by atoms with Crippen LogP contribution in [0.5, 0.6) is 0 Å². The van der Waals surface area contributed by atoms with E-state index in [1.54, 1.807) is 0 Å². The summed E-state index contributed by atoms with van der Waals surface area (Å²) >= 11 is 0. The number of aliphatic hydroxyl groups is 1. The van der Waals surface area contributed by atoms with E-state index >= 15 is 0 Å². The van der Waals surface area contributed by atoms with Crippen molar-refractivity contribution >= 4 is 5.91 Å². The topological polar surface area (TPSA) is 67.8 Å². The van der Waals surface area contributed by atoms with Gasteiger partial charge < -0.3 is 19.9 Å². The molecule has 0 bridgehead atoms. The number of aliphatic hydroxyl groups excluding tert-OH is 1. The van der Waals surface area contributed by atoms with E-state index in [9.17, 15) is 9.90 Å². The second-order valence-electron chi connectivity index (χ2n) is 5.69. The minimum absolute atomic E-state index is 0.00568. The molecule has 0 aliphatic carbocycles. The lowest BCUT2D eigenvalue weighted by Crippen LogP contribution is -2.43. The highest BCUT2D eigenvalue weighted by molar-refractivity contribution is 5.78. The molecule has 0 aromatic rings. The molecule has 0 aromatic carbocycles. The Morgan fingerprint density at radius 1 is 1.42 bits per heavy atom. The summed E-state index contributed by atoms with van der Waals surface area (Å²) in [6.45, 7) is 8.28. The number of rotatable bonds is 7. The molecular weight excluding hydrogens is 246 g/mol. The van der Waals surface area contributed by atoms with Crippen molar-refractivity contribution < 1.29 is 19.4 Å². The average Bonchev–Trinajstić information content (AvgIpc) is 2.70. The van der Waals surface area contributed by atoms with E-state index < -0.39 is 0 Å². The fourth-order valence-corrected chi connectivity index (χ4v) is 2.13. The summed E-state index contributed by atoms with van der Waals surface area (Å²) in [5.74, 6) is -0.0474. The highest BCUT2D eigenvalue weighted by atomic mass is 16.5. The van der Waals surface area contributed by atoms with Gasteiger partial charge in [-0.25, -0.2) is 0 Å². The van der Waals surface area contributed by atoms with Crippen molar-refractivity contribution in [2.45, 2.75) is 64.9 Å². The Labute approximate surface area is 115 Å². The zero-order valence-electron chi connectivity index (χ0n) is 12.4. The molecule has 1 aliphatic rings. The minimum atomic E-state index is -0.299. The molecule has 1 amide bonds. The van der Waals surface area contributed by atoms with Crippen molar-refractivity contribution in [1.82, 2.24) is 5.32 Å². The predicted molar refractivity (Wildman–Crippen MR) is 72.8 cm³/mol. The number of hydrogen-bond acceptors (Lipinski definition) is 4. The van der Waals surface area contributed by atoms with Gasteiger partial charge >= 0.3 is 0 Å². The van der Waals surface area contributed by atoms with Crippen LogP contribution < -0.4 is 5.32 Å². The van der Waals surface area contributed by atoms with Crippen molar-refractivity contribution in [3.05, 3.63) is 0 Å². The van der Waals surface area contributed by atoms with Crippen LogP contribution >= 0.6 is 0 Å². The zero-order chi connectivity index (χ0) is 14.4. The van der Waals surface area contributed by atoms with Gasteiger partial charge in [0.2, 0.25) is 5.91 Å². The fraction of sp³-hybridized carbons (Fsp3) is 0.929. The number of nitrogens with one attached hydrogen (secondary N) is 1. The average molecular weight is 273 g/mol. The van der Waals surface area contributed by atoms with Crippen LogP contribution in [0.25, 0.3) is 0 Å². The lowest BCUT2D eigenvalue weighted by atomic mass is 10.1. The lowest BCUT2D eigenvalue weighted by molar-refractivity contribution is -0.125. The normalized spacial score (nSPS) is 27.2. The Kier molecular flexibility index (Phi) is 6.75. The van der Waals surface area contributed by atoms with Gasteiger partial charge in [-0.3, -0.25) is 4.79 Å². The van der Waals surface area contributed by atoms with Gasteiger partial charge in [-0.15, -0.1) is 0 Å². The van der Waals surface area contributed by atoms with Crippen LogP contribution in [0.2, 0.25) is 0 Å². The van der Waals surface area contributed by atoms with Crippen LogP contribution in [-0.4, -0.2) is 48.6 Å². The van der Waals surface area contributed by atoms with E-state index in [0.717, 1.165) is 12.8 Å². The van der Waals surface area contributed by atoms with Crippen LogP contribution in [0.3, 0.4) is 0 Å². The van der Waals surface area contributed by atoms with Crippen LogP contribution in [-0.2, 0) is 14.3 Å². The molecule has 19 heavy (non-hydrogen) atoms. The molecule has 3 unspecified atom stereocenters. The van der Waals surface area contributed by atoms with Crippen molar-refractivity contribution in [3.63, 3.8) is 0 Å². The Bertz CT molecular complexity index is 281. The first-order valence-corrected chi connectivity index (χ1v) is 7.12. The SMILES string of the molecule is CC(C)OCCC1CC(NC(=O)C(C)C)C(CO)O1. The summed E-state index contributed by atoms with van der Waals surface area (Å²) in [7, 11) is 0. The Balaban J connectivity index is 2.39. The first-order valence-electron chi connectivity index (χ1n) is 7.12. The van der Waals surface area contributed by atoms with Gasteiger partial charge in [0.05, 0.1) is 24.9 Å². The van der Waals surface area contributed by atoms with E-state index in [4.69, 9.17) is 9.47 Å². The summed E-state index contributed by atoms with van der Waals surface area (Å²) in [4.78, 5) is 11.7. The molecule has 1 aliphatic heterocycles. The molecule has 1 heterocycles. The second-order valence-corrected chi connectivity index (χ2v) is 5.69. The maximum Gasteiger partial charge on any atom is 0.222 e. The second kappa shape index (κ2) is 7.82.